The summed E-state index contributed by atoms with van der Waals surface area (Å²) in [5.74, 6) is 0.545. The van der Waals surface area contributed by atoms with Gasteiger partial charge in [-0.2, -0.15) is 0 Å². The third kappa shape index (κ3) is 2.68. The van der Waals surface area contributed by atoms with Crippen molar-refractivity contribution in [2.24, 2.45) is 17.3 Å². The molecule has 2 N–H and O–H groups in total. The van der Waals surface area contributed by atoms with E-state index < -0.39 is 0 Å². The van der Waals surface area contributed by atoms with E-state index in [2.05, 4.69) is 13.8 Å². The summed E-state index contributed by atoms with van der Waals surface area (Å²) in [6, 6.07) is 0. The predicted molar refractivity (Wildman–Crippen MR) is 53.4 cm³/mol. The van der Waals surface area contributed by atoms with Crippen LogP contribution in [-0.2, 0) is 0 Å². The third-order valence-corrected chi connectivity index (χ3v) is 3.43. The Kier molecular flexibility index (Phi) is 3.36. The first-order chi connectivity index (χ1) is 5.96. The first-order valence-corrected chi connectivity index (χ1v) is 5.25. The highest BCUT2D eigenvalue weighted by Gasteiger charge is 2.35. The summed E-state index contributed by atoms with van der Waals surface area (Å²) in [6.45, 7) is 6.63. The lowest BCUT2D eigenvalue weighted by Gasteiger charge is -2.40. The molecule has 0 aliphatic heterocycles. The molecule has 0 aromatic rings. The van der Waals surface area contributed by atoms with E-state index in [4.69, 9.17) is 5.11 Å². The second kappa shape index (κ2) is 3.97. The van der Waals surface area contributed by atoms with E-state index >= 15 is 0 Å². The highest BCUT2D eigenvalue weighted by Crippen LogP contribution is 2.40. The molecular weight excluding hydrogens is 164 g/mol. The van der Waals surface area contributed by atoms with E-state index in [1.54, 1.807) is 0 Å². The van der Waals surface area contributed by atoms with Crippen molar-refractivity contribution in [3.05, 3.63) is 0 Å². The largest absolute Gasteiger partial charge is 0.396 e. The van der Waals surface area contributed by atoms with Crippen LogP contribution in [0.25, 0.3) is 0 Å². The van der Waals surface area contributed by atoms with Gasteiger partial charge in [0.25, 0.3) is 0 Å². The maximum atomic E-state index is 9.89. The van der Waals surface area contributed by atoms with E-state index in [1.807, 2.05) is 6.92 Å². The lowest BCUT2D eigenvalue weighted by Crippen LogP contribution is -2.37. The topological polar surface area (TPSA) is 40.5 Å². The van der Waals surface area contributed by atoms with Crippen LogP contribution < -0.4 is 0 Å². The van der Waals surface area contributed by atoms with Crippen LogP contribution in [0.4, 0.5) is 0 Å². The van der Waals surface area contributed by atoms with Crippen molar-refractivity contribution in [2.75, 3.05) is 6.61 Å². The van der Waals surface area contributed by atoms with Gasteiger partial charge in [-0.25, -0.2) is 0 Å². The van der Waals surface area contributed by atoms with Gasteiger partial charge in [0.15, 0.2) is 0 Å². The van der Waals surface area contributed by atoms with Crippen molar-refractivity contribution in [1.29, 1.82) is 0 Å². The Morgan fingerprint density at radius 2 is 2.08 bits per heavy atom. The molecule has 1 unspecified atom stereocenters. The smallest absolute Gasteiger partial charge is 0.0576 e. The highest BCUT2D eigenvalue weighted by molar-refractivity contribution is 4.86. The molecule has 0 aromatic heterocycles. The molecule has 0 heterocycles. The summed E-state index contributed by atoms with van der Waals surface area (Å²) < 4.78 is 0. The van der Waals surface area contributed by atoms with Gasteiger partial charge in [0, 0.05) is 6.61 Å². The first-order valence-electron chi connectivity index (χ1n) is 5.25. The quantitative estimate of drug-likeness (QED) is 0.690. The zero-order valence-corrected chi connectivity index (χ0v) is 8.95. The Hall–Kier alpha value is -0.0800. The monoisotopic (exact) mass is 186 g/mol. The van der Waals surface area contributed by atoms with E-state index in [0.29, 0.717) is 5.92 Å². The van der Waals surface area contributed by atoms with Gasteiger partial charge in [-0.15, -0.1) is 0 Å². The average molecular weight is 186 g/mol. The second-order valence-electron chi connectivity index (χ2n) is 5.30. The first kappa shape index (κ1) is 11.0. The van der Waals surface area contributed by atoms with Crippen molar-refractivity contribution >= 4 is 0 Å². The molecule has 0 amide bonds. The molecular formula is C11H22O2. The molecule has 13 heavy (non-hydrogen) atoms. The van der Waals surface area contributed by atoms with E-state index in [1.165, 1.54) is 6.42 Å². The minimum absolute atomic E-state index is 0.197. The minimum atomic E-state index is -0.217. The minimum Gasteiger partial charge on any atom is -0.396 e. The molecule has 2 nitrogen and oxygen atoms in total. The van der Waals surface area contributed by atoms with Crippen LogP contribution in [0.5, 0.6) is 0 Å². The summed E-state index contributed by atoms with van der Waals surface area (Å²) >= 11 is 0. The lowest BCUT2D eigenvalue weighted by molar-refractivity contribution is -0.0175. The molecule has 1 rings (SSSR count). The molecule has 3 atom stereocenters. The van der Waals surface area contributed by atoms with Gasteiger partial charge < -0.3 is 10.2 Å². The van der Waals surface area contributed by atoms with Crippen molar-refractivity contribution < 1.29 is 10.2 Å². The van der Waals surface area contributed by atoms with Crippen LogP contribution in [0.2, 0.25) is 0 Å². The maximum Gasteiger partial charge on any atom is 0.0576 e. The summed E-state index contributed by atoms with van der Waals surface area (Å²) in [4.78, 5) is 0. The molecule has 1 aliphatic rings. The number of aliphatic hydroxyl groups is 2. The third-order valence-electron chi connectivity index (χ3n) is 3.43. The molecule has 0 bridgehead atoms. The van der Waals surface area contributed by atoms with Gasteiger partial charge in [0.05, 0.1) is 6.10 Å². The molecule has 0 spiro atoms. The van der Waals surface area contributed by atoms with E-state index in [9.17, 15) is 5.11 Å². The fourth-order valence-corrected chi connectivity index (χ4v) is 2.37. The number of aliphatic hydroxyl groups excluding tert-OH is 2. The highest BCUT2D eigenvalue weighted by atomic mass is 16.3. The molecule has 0 aromatic carbocycles. The van der Waals surface area contributed by atoms with Crippen LogP contribution >= 0.6 is 0 Å². The second-order valence-corrected chi connectivity index (χ2v) is 5.30. The predicted octanol–water partition coefficient (Wildman–Crippen LogP) is 1.80. The zero-order chi connectivity index (χ0) is 10.1. The average Bonchev–Trinajstić information content (AvgIpc) is 2.01. The van der Waals surface area contributed by atoms with Gasteiger partial charge >= 0.3 is 0 Å². The molecule has 0 saturated heterocycles. The van der Waals surface area contributed by atoms with Gasteiger partial charge in [-0.1, -0.05) is 20.8 Å². The maximum absolute atomic E-state index is 9.89. The lowest BCUT2D eigenvalue weighted by atomic mass is 9.68. The molecule has 1 fully saturated rings. The number of rotatable bonds is 2. The van der Waals surface area contributed by atoms with Gasteiger partial charge in [-0.3, -0.25) is 0 Å². The number of hydrogen-bond acceptors (Lipinski definition) is 2. The summed E-state index contributed by atoms with van der Waals surface area (Å²) in [5, 5.41) is 18.9. The van der Waals surface area contributed by atoms with Crippen molar-refractivity contribution in [2.45, 2.75) is 46.1 Å². The van der Waals surface area contributed by atoms with Crippen LogP contribution in [0, 0.1) is 17.3 Å². The normalized spacial score (nSPS) is 35.8. The van der Waals surface area contributed by atoms with Crippen LogP contribution in [-0.4, -0.2) is 22.9 Å². The van der Waals surface area contributed by atoms with Gasteiger partial charge in [0.2, 0.25) is 0 Å². The molecule has 0 radical (unpaired) electrons. The van der Waals surface area contributed by atoms with Crippen molar-refractivity contribution in [3.63, 3.8) is 0 Å². The van der Waals surface area contributed by atoms with Crippen molar-refractivity contribution in [3.8, 4) is 0 Å². The van der Waals surface area contributed by atoms with E-state index in [-0.39, 0.29) is 24.0 Å². The standard InChI is InChI=1S/C11H22O2/c1-8(7-12)9-4-5-11(2,3)6-10(9)13/h8-10,12-13H,4-7H2,1-3H3/t8?,9-,10+/m0/s1. The molecule has 1 aliphatic carbocycles. The SMILES string of the molecule is CC(CO)[C@@H]1CCC(C)(C)C[C@H]1O. The van der Waals surface area contributed by atoms with E-state index in [0.717, 1.165) is 12.8 Å². The summed E-state index contributed by atoms with van der Waals surface area (Å²) in [6.07, 6.45) is 2.88. The Morgan fingerprint density at radius 3 is 2.54 bits per heavy atom. The van der Waals surface area contributed by atoms with Crippen molar-refractivity contribution in [1.82, 2.24) is 0 Å². The van der Waals surface area contributed by atoms with Crippen LogP contribution in [0.3, 0.4) is 0 Å². The number of hydrogen-bond donors (Lipinski definition) is 2. The molecule has 78 valence electrons. The Labute approximate surface area is 81.0 Å². The molecule has 1 saturated carbocycles. The fourth-order valence-electron chi connectivity index (χ4n) is 2.37. The van der Waals surface area contributed by atoms with Crippen LogP contribution in [0.15, 0.2) is 0 Å². The Balaban J connectivity index is 2.53. The van der Waals surface area contributed by atoms with Crippen LogP contribution in [0.1, 0.15) is 40.0 Å². The molecule has 2 heteroatoms. The summed E-state index contributed by atoms with van der Waals surface area (Å²) in [5.41, 5.74) is 0.283. The Morgan fingerprint density at radius 1 is 1.46 bits per heavy atom. The Bertz CT molecular complexity index is 165. The fraction of sp³-hybridized carbons (Fsp3) is 1.00. The van der Waals surface area contributed by atoms with Gasteiger partial charge in [0.1, 0.15) is 0 Å². The zero-order valence-electron chi connectivity index (χ0n) is 8.95. The summed E-state index contributed by atoms with van der Waals surface area (Å²) in [7, 11) is 0. The van der Waals surface area contributed by atoms with Gasteiger partial charge in [-0.05, 0) is 36.5 Å².